The second kappa shape index (κ2) is 5.91. The van der Waals surface area contributed by atoms with Crippen LogP contribution in [0.15, 0.2) is 22.7 Å². The molecule has 0 saturated heterocycles. The van der Waals surface area contributed by atoms with E-state index in [4.69, 9.17) is 5.11 Å². The molecule has 0 aliphatic heterocycles. The number of alkyl halides is 3. The van der Waals surface area contributed by atoms with Gasteiger partial charge in [0.25, 0.3) is 0 Å². The fraction of sp³-hybridized carbons (Fsp3) is 0.200. The van der Waals surface area contributed by atoms with E-state index in [1.54, 1.807) is 5.32 Å². The van der Waals surface area contributed by atoms with Crippen molar-refractivity contribution in [1.82, 2.24) is 5.32 Å². The molecule has 0 aliphatic rings. The number of carbonyl (C=O) groups excluding carboxylic acids is 1. The monoisotopic (exact) mass is 340 g/mol. The number of carboxylic acids is 1. The van der Waals surface area contributed by atoms with Crippen LogP contribution in [0, 0.1) is 0 Å². The summed E-state index contributed by atoms with van der Waals surface area (Å²) in [6.07, 6.45) is -4.50. The maximum absolute atomic E-state index is 11.9. The van der Waals surface area contributed by atoms with Gasteiger partial charge in [0, 0.05) is 4.47 Å². The molecule has 104 valence electrons. The van der Waals surface area contributed by atoms with Crippen LogP contribution in [0.1, 0.15) is 10.4 Å². The highest BCUT2D eigenvalue weighted by molar-refractivity contribution is 9.10. The molecule has 0 aromatic heterocycles. The summed E-state index contributed by atoms with van der Waals surface area (Å²) in [5, 5.41) is 12.5. The van der Waals surface area contributed by atoms with E-state index in [1.807, 2.05) is 0 Å². The number of hydrogen-bond donors (Lipinski definition) is 3. The number of halogens is 4. The van der Waals surface area contributed by atoms with Crippen molar-refractivity contribution in [3.05, 3.63) is 28.2 Å². The molecule has 3 N–H and O–H groups in total. The minimum atomic E-state index is -4.50. The number of urea groups is 1. The van der Waals surface area contributed by atoms with E-state index in [9.17, 15) is 22.8 Å². The maximum atomic E-state index is 11.9. The van der Waals surface area contributed by atoms with Crippen LogP contribution >= 0.6 is 15.9 Å². The second-order valence-electron chi connectivity index (χ2n) is 3.42. The molecule has 5 nitrogen and oxygen atoms in total. The molecule has 0 atom stereocenters. The van der Waals surface area contributed by atoms with Gasteiger partial charge in [-0.15, -0.1) is 0 Å². The van der Waals surface area contributed by atoms with Crippen LogP contribution in [0.3, 0.4) is 0 Å². The fourth-order valence-corrected chi connectivity index (χ4v) is 1.57. The Labute approximate surface area is 113 Å². The molecule has 0 saturated carbocycles. The number of aromatic carboxylic acids is 1. The molecule has 1 rings (SSSR count). The molecule has 0 unspecified atom stereocenters. The highest BCUT2D eigenvalue weighted by atomic mass is 79.9. The van der Waals surface area contributed by atoms with Gasteiger partial charge in [-0.2, -0.15) is 13.2 Å². The number of nitrogens with one attached hydrogen (secondary N) is 2. The number of rotatable bonds is 3. The lowest BCUT2D eigenvalue weighted by Crippen LogP contribution is -2.36. The van der Waals surface area contributed by atoms with Crippen molar-refractivity contribution < 1.29 is 27.9 Å². The number of amides is 2. The predicted molar refractivity (Wildman–Crippen MR) is 64.2 cm³/mol. The smallest absolute Gasteiger partial charge is 0.405 e. The molecule has 9 heteroatoms. The largest absolute Gasteiger partial charge is 0.478 e. The van der Waals surface area contributed by atoms with Crippen molar-refractivity contribution in [3.8, 4) is 0 Å². The maximum Gasteiger partial charge on any atom is 0.405 e. The van der Waals surface area contributed by atoms with Gasteiger partial charge in [-0.3, -0.25) is 0 Å². The van der Waals surface area contributed by atoms with Crippen molar-refractivity contribution in [2.24, 2.45) is 0 Å². The Kier molecular flexibility index (Phi) is 4.76. The average Bonchev–Trinajstić information content (AvgIpc) is 2.28. The predicted octanol–water partition coefficient (Wildman–Crippen LogP) is 2.83. The molecule has 0 radical (unpaired) electrons. The molecule has 0 fully saturated rings. The summed E-state index contributed by atoms with van der Waals surface area (Å²) >= 11 is 3.01. The number of benzene rings is 1. The van der Waals surface area contributed by atoms with E-state index in [0.29, 0.717) is 0 Å². The van der Waals surface area contributed by atoms with Crippen molar-refractivity contribution in [2.45, 2.75) is 6.18 Å². The normalized spacial score (nSPS) is 10.9. The van der Waals surface area contributed by atoms with Gasteiger partial charge in [0.2, 0.25) is 0 Å². The fourth-order valence-electron chi connectivity index (χ4n) is 1.10. The van der Waals surface area contributed by atoms with Crippen molar-refractivity contribution in [2.75, 3.05) is 11.9 Å². The zero-order valence-electron chi connectivity index (χ0n) is 9.21. The number of anilines is 1. The summed E-state index contributed by atoms with van der Waals surface area (Å²) in [6.45, 7) is -1.45. The van der Waals surface area contributed by atoms with Crippen molar-refractivity contribution in [1.29, 1.82) is 0 Å². The Bertz CT molecular complexity index is 505. The average molecular weight is 341 g/mol. The van der Waals surface area contributed by atoms with Gasteiger partial charge in [0.05, 0.1) is 11.3 Å². The summed E-state index contributed by atoms with van der Waals surface area (Å²) in [5.74, 6) is -1.16. The molecule has 19 heavy (non-hydrogen) atoms. The van der Waals surface area contributed by atoms with Gasteiger partial charge in [0.15, 0.2) is 0 Å². The van der Waals surface area contributed by atoms with Gasteiger partial charge in [-0.25, -0.2) is 9.59 Å². The van der Waals surface area contributed by atoms with Gasteiger partial charge >= 0.3 is 18.2 Å². The molecule has 2 amide bonds. The number of hydrogen-bond acceptors (Lipinski definition) is 2. The highest BCUT2D eigenvalue weighted by Gasteiger charge is 2.27. The minimum Gasteiger partial charge on any atom is -0.478 e. The third kappa shape index (κ3) is 5.16. The molecule has 0 bridgehead atoms. The number of carbonyl (C=O) groups is 2. The first kappa shape index (κ1) is 15.3. The summed E-state index contributed by atoms with van der Waals surface area (Å²) in [5.41, 5.74) is 0.137. The minimum absolute atomic E-state index is 0.0203. The van der Waals surface area contributed by atoms with Crippen LogP contribution in [0.5, 0.6) is 0 Å². The van der Waals surface area contributed by atoms with Gasteiger partial charge in [-0.05, 0) is 34.1 Å². The van der Waals surface area contributed by atoms with E-state index >= 15 is 0 Å². The lowest BCUT2D eigenvalue weighted by molar-refractivity contribution is -0.122. The summed E-state index contributed by atoms with van der Waals surface area (Å²) in [6, 6.07) is 2.66. The van der Waals surface area contributed by atoms with E-state index in [-0.39, 0.29) is 15.7 Å². The van der Waals surface area contributed by atoms with E-state index < -0.39 is 24.7 Å². The first-order chi connectivity index (χ1) is 8.69. The Balaban J connectivity index is 2.67. The topological polar surface area (TPSA) is 78.4 Å². The van der Waals surface area contributed by atoms with E-state index in [1.165, 1.54) is 18.2 Å². The Morgan fingerprint density at radius 2 is 1.95 bits per heavy atom. The molecule has 0 heterocycles. The van der Waals surface area contributed by atoms with Crippen LogP contribution in [0.25, 0.3) is 0 Å². The third-order valence-corrected chi connectivity index (χ3v) is 2.57. The van der Waals surface area contributed by atoms with Gasteiger partial charge in [-0.1, -0.05) is 0 Å². The molecular formula is C10H8BrF3N2O3. The van der Waals surface area contributed by atoms with E-state index in [2.05, 4.69) is 21.2 Å². The Morgan fingerprint density at radius 1 is 1.32 bits per heavy atom. The first-order valence-corrected chi connectivity index (χ1v) is 5.63. The quantitative estimate of drug-likeness (QED) is 0.791. The SMILES string of the molecule is O=C(NCC(F)(F)F)Nc1ccc(C(=O)O)cc1Br. The molecular weight excluding hydrogens is 333 g/mol. The lowest BCUT2D eigenvalue weighted by Gasteiger charge is -2.11. The van der Waals surface area contributed by atoms with Crippen LogP contribution in [-0.4, -0.2) is 29.8 Å². The van der Waals surface area contributed by atoms with Gasteiger partial charge < -0.3 is 15.7 Å². The first-order valence-electron chi connectivity index (χ1n) is 4.83. The third-order valence-electron chi connectivity index (χ3n) is 1.91. The molecule has 0 spiro atoms. The van der Waals surface area contributed by atoms with Crippen LogP contribution in [0.4, 0.5) is 23.7 Å². The van der Waals surface area contributed by atoms with E-state index in [0.717, 1.165) is 0 Å². The number of carboxylic acid groups (broad SMARTS) is 1. The summed E-state index contributed by atoms with van der Waals surface area (Å²) < 4.78 is 35.8. The second-order valence-corrected chi connectivity index (χ2v) is 4.28. The highest BCUT2D eigenvalue weighted by Crippen LogP contribution is 2.23. The zero-order chi connectivity index (χ0) is 14.6. The van der Waals surface area contributed by atoms with Gasteiger partial charge in [0.1, 0.15) is 6.54 Å². The van der Waals surface area contributed by atoms with Crippen LogP contribution < -0.4 is 10.6 Å². The van der Waals surface area contributed by atoms with Crippen LogP contribution in [-0.2, 0) is 0 Å². The van der Waals surface area contributed by atoms with Crippen LogP contribution in [0.2, 0.25) is 0 Å². The Hall–Kier alpha value is -1.77. The molecule has 1 aromatic carbocycles. The van der Waals surface area contributed by atoms with Crippen molar-refractivity contribution in [3.63, 3.8) is 0 Å². The van der Waals surface area contributed by atoms with Crippen molar-refractivity contribution >= 4 is 33.6 Å². The standard InChI is InChI=1S/C10H8BrF3N2O3/c11-6-3-5(8(17)18)1-2-7(6)16-9(19)15-4-10(12,13)14/h1-3H,4H2,(H,17,18)(H2,15,16,19). The molecule has 0 aliphatic carbocycles. The lowest BCUT2D eigenvalue weighted by atomic mass is 10.2. The Morgan fingerprint density at radius 3 is 2.42 bits per heavy atom. The zero-order valence-corrected chi connectivity index (χ0v) is 10.8. The molecule has 1 aromatic rings. The summed E-state index contributed by atoms with van der Waals surface area (Å²) in [4.78, 5) is 21.8. The summed E-state index contributed by atoms with van der Waals surface area (Å²) in [7, 11) is 0.